The number of nitrogens with one attached hydrogen (secondary N) is 2. The van der Waals surface area contributed by atoms with Crippen LogP contribution in [0.15, 0.2) is 54.6 Å². The molecule has 0 bridgehead atoms. The van der Waals surface area contributed by atoms with Gasteiger partial charge in [-0.15, -0.1) is 0 Å². The fourth-order valence-electron chi connectivity index (χ4n) is 2.23. The summed E-state index contributed by atoms with van der Waals surface area (Å²) < 4.78 is 5.13. The van der Waals surface area contributed by atoms with Crippen molar-refractivity contribution in [1.82, 2.24) is 4.90 Å². The monoisotopic (exact) mass is 341 g/mol. The van der Waals surface area contributed by atoms with E-state index in [-0.39, 0.29) is 18.4 Å². The van der Waals surface area contributed by atoms with Gasteiger partial charge in [0.15, 0.2) is 0 Å². The molecular weight excluding hydrogens is 318 g/mol. The summed E-state index contributed by atoms with van der Waals surface area (Å²) in [6.07, 6.45) is 0. The van der Waals surface area contributed by atoms with Crippen LogP contribution in [0.25, 0.3) is 0 Å². The third kappa shape index (κ3) is 5.61. The van der Waals surface area contributed by atoms with Crippen LogP contribution in [0, 0.1) is 0 Å². The molecule has 2 aromatic carbocycles. The zero-order chi connectivity index (χ0) is 18.2. The Labute approximate surface area is 147 Å². The van der Waals surface area contributed by atoms with Crippen LogP contribution in [0.2, 0.25) is 0 Å². The minimum Gasteiger partial charge on any atom is -0.497 e. The molecule has 0 aromatic heterocycles. The molecule has 132 valence electrons. The van der Waals surface area contributed by atoms with E-state index in [1.807, 2.05) is 30.3 Å². The Morgan fingerprint density at radius 2 is 1.72 bits per heavy atom. The van der Waals surface area contributed by atoms with E-state index in [0.29, 0.717) is 11.4 Å². The van der Waals surface area contributed by atoms with E-state index in [9.17, 15) is 9.59 Å². The first-order valence-electron chi connectivity index (χ1n) is 7.99. The number of ether oxygens (including phenoxy) is 1. The molecular formula is C19H23N3O3. The predicted octanol–water partition coefficient (Wildman–Crippen LogP) is 2.59. The zero-order valence-electron chi connectivity index (χ0n) is 14.7. The van der Waals surface area contributed by atoms with Gasteiger partial charge >= 0.3 is 0 Å². The fraction of sp³-hybridized carbons (Fsp3) is 0.263. The second-order valence-corrected chi connectivity index (χ2v) is 5.73. The van der Waals surface area contributed by atoms with Gasteiger partial charge in [0.2, 0.25) is 11.8 Å². The Morgan fingerprint density at radius 1 is 1.04 bits per heavy atom. The lowest BCUT2D eigenvalue weighted by molar-refractivity contribution is -0.122. The SMILES string of the molecule is COc1cccc(NC(=O)CN(C)[C@H](C)C(=O)Nc2ccccc2)c1. The number of hydrogen-bond acceptors (Lipinski definition) is 4. The molecule has 6 heteroatoms. The predicted molar refractivity (Wildman–Crippen MR) is 98.8 cm³/mol. The van der Waals surface area contributed by atoms with Gasteiger partial charge in [-0.3, -0.25) is 14.5 Å². The molecule has 0 aliphatic carbocycles. The fourth-order valence-corrected chi connectivity index (χ4v) is 2.23. The van der Waals surface area contributed by atoms with Gasteiger partial charge in [-0.05, 0) is 38.2 Å². The molecule has 0 radical (unpaired) electrons. The third-order valence-corrected chi connectivity index (χ3v) is 3.83. The number of amides is 2. The van der Waals surface area contributed by atoms with Crippen LogP contribution in [0.1, 0.15) is 6.92 Å². The molecule has 0 heterocycles. The number of benzene rings is 2. The second-order valence-electron chi connectivity index (χ2n) is 5.73. The Bertz CT molecular complexity index is 719. The molecule has 2 rings (SSSR count). The molecule has 0 fully saturated rings. The Morgan fingerprint density at radius 3 is 2.40 bits per heavy atom. The van der Waals surface area contributed by atoms with Crippen LogP contribution in [-0.4, -0.2) is 43.5 Å². The standard InChI is InChI=1S/C19H23N3O3/c1-14(19(24)21-15-8-5-4-6-9-15)22(2)13-18(23)20-16-10-7-11-17(12-16)25-3/h4-12,14H,13H2,1-3H3,(H,20,23)(H,21,24)/t14-/m1/s1. The van der Waals surface area contributed by atoms with Gasteiger partial charge in [-0.25, -0.2) is 0 Å². The molecule has 2 amide bonds. The van der Waals surface area contributed by atoms with Crippen molar-refractivity contribution in [2.24, 2.45) is 0 Å². The van der Waals surface area contributed by atoms with Gasteiger partial charge in [-0.1, -0.05) is 24.3 Å². The van der Waals surface area contributed by atoms with Gasteiger partial charge in [0, 0.05) is 17.4 Å². The molecule has 0 saturated heterocycles. The molecule has 0 unspecified atom stereocenters. The average Bonchev–Trinajstić information content (AvgIpc) is 2.61. The summed E-state index contributed by atoms with van der Waals surface area (Å²) >= 11 is 0. The highest BCUT2D eigenvalue weighted by Gasteiger charge is 2.20. The smallest absolute Gasteiger partial charge is 0.241 e. The largest absolute Gasteiger partial charge is 0.497 e. The number of methoxy groups -OCH3 is 1. The second kappa shape index (κ2) is 8.84. The molecule has 1 atom stereocenters. The van der Waals surface area contributed by atoms with Crippen molar-refractivity contribution in [3.8, 4) is 5.75 Å². The van der Waals surface area contributed by atoms with E-state index in [0.717, 1.165) is 5.69 Å². The number of likely N-dealkylation sites (N-methyl/N-ethyl adjacent to an activating group) is 1. The number of para-hydroxylation sites is 1. The third-order valence-electron chi connectivity index (χ3n) is 3.83. The molecule has 2 aromatic rings. The molecule has 0 aliphatic heterocycles. The van der Waals surface area contributed by atoms with Crippen molar-refractivity contribution in [3.05, 3.63) is 54.6 Å². The number of nitrogens with zero attached hydrogens (tertiary/aromatic N) is 1. The number of rotatable bonds is 7. The highest BCUT2D eigenvalue weighted by Crippen LogP contribution is 2.16. The summed E-state index contributed by atoms with van der Waals surface area (Å²) in [5, 5.41) is 5.63. The highest BCUT2D eigenvalue weighted by atomic mass is 16.5. The van der Waals surface area contributed by atoms with E-state index in [1.165, 1.54) is 0 Å². The zero-order valence-corrected chi connectivity index (χ0v) is 14.7. The lowest BCUT2D eigenvalue weighted by Gasteiger charge is -2.23. The quantitative estimate of drug-likeness (QED) is 0.812. The average molecular weight is 341 g/mol. The maximum atomic E-state index is 12.3. The minimum absolute atomic E-state index is 0.0978. The van der Waals surface area contributed by atoms with Crippen molar-refractivity contribution in [1.29, 1.82) is 0 Å². The van der Waals surface area contributed by atoms with E-state index < -0.39 is 6.04 Å². The van der Waals surface area contributed by atoms with Crippen LogP contribution in [0.4, 0.5) is 11.4 Å². The number of carbonyl (C=O) groups is 2. The summed E-state index contributed by atoms with van der Waals surface area (Å²) in [7, 11) is 3.31. The molecule has 2 N–H and O–H groups in total. The van der Waals surface area contributed by atoms with Crippen LogP contribution in [0.3, 0.4) is 0 Å². The van der Waals surface area contributed by atoms with Crippen molar-refractivity contribution < 1.29 is 14.3 Å². The van der Waals surface area contributed by atoms with E-state index >= 15 is 0 Å². The van der Waals surface area contributed by atoms with E-state index in [2.05, 4.69) is 10.6 Å². The summed E-state index contributed by atoms with van der Waals surface area (Å²) in [5.74, 6) is 0.305. The molecule has 6 nitrogen and oxygen atoms in total. The molecule has 25 heavy (non-hydrogen) atoms. The Balaban J connectivity index is 1.87. The highest BCUT2D eigenvalue weighted by molar-refractivity contribution is 5.96. The molecule has 0 aliphatic rings. The van der Waals surface area contributed by atoms with Crippen molar-refractivity contribution in [3.63, 3.8) is 0 Å². The topological polar surface area (TPSA) is 70.7 Å². The van der Waals surface area contributed by atoms with Crippen LogP contribution in [-0.2, 0) is 9.59 Å². The van der Waals surface area contributed by atoms with Gasteiger partial charge in [0.05, 0.1) is 19.7 Å². The molecule has 0 spiro atoms. The lowest BCUT2D eigenvalue weighted by Crippen LogP contribution is -2.43. The number of carbonyl (C=O) groups excluding carboxylic acids is 2. The molecule has 0 saturated carbocycles. The van der Waals surface area contributed by atoms with Crippen molar-refractivity contribution in [2.45, 2.75) is 13.0 Å². The van der Waals surface area contributed by atoms with Gasteiger partial charge in [0.1, 0.15) is 5.75 Å². The van der Waals surface area contributed by atoms with E-state index in [1.54, 1.807) is 50.2 Å². The van der Waals surface area contributed by atoms with Crippen LogP contribution in [0.5, 0.6) is 5.75 Å². The van der Waals surface area contributed by atoms with Crippen LogP contribution >= 0.6 is 0 Å². The summed E-state index contributed by atoms with van der Waals surface area (Å²) in [4.78, 5) is 26.1. The van der Waals surface area contributed by atoms with Gasteiger partial charge < -0.3 is 15.4 Å². The lowest BCUT2D eigenvalue weighted by atomic mass is 10.2. The van der Waals surface area contributed by atoms with Gasteiger partial charge in [0.25, 0.3) is 0 Å². The number of hydrogen-bond donors (Lipinski definition) is 2. The Kier molecular flexibility index (Phi) is 6.54. The summed E-state index contributed by atoms with van der Waals surface area (Å²) in [5.41, 5.74) is 1.38. The minimum atomic E-state index is -0.448. The van der Waals surface area contributed by atoms with Crippen LogP contribution < -0.4 is 15.4 Å². The maximum absolute atomic E-state index is 12.3. The normalized spacial score (nSPS) is 11.7. The Hall–Kier alpha value is -2.86. The summed E-state index contributed by atoms with van der Waals surface area (Å²) in [6.45, 7) is 1.86. The maximum Gasteiger partial charge on any atom is 0.241 e. The summed E-state index contributed by atoms with van der Waals surface area (Å²) in [6, 6.07) is 15.9. The first-order chi connectivity index (χ1) is 12.0. The first kappa shape index (κ1) is 18.5. The first-order valence-corrected chi connectivity index (χ1v) is 7.99. The van der Waals surface area contributed by atoms with Crippen molar-refractivity contribution in [2.75, 3.05) is 31.3 Å². The van der Waals surface area contributed by atoms with E-state index in [4.69, 9.17) is 4.74 Å². The van der Waals surface area contributed by atoms with Crippen molar-refractivity contribution >= 4 is 23.2 Å². The number of anilines is 2. The van der Waals surface area contributed by atoms with Gasteiger partial charge in [-0.2, -0.15) is 0 Å².